The Morgan fingerprint density at radius 3 is 2.47 bits per heavy atom. The first-order valence-corrected chi connectivity index (χ1v) is 10.1. The third-order valence-electron chi connectivity index (χ3n) is 5.30. The maximum Gasteiger partial charge on any atom is 0.490 e. The summed E-state index contributed by atoms with van der Waals surface area (Å²) in [7, 11) is 0. The quantitative estimate of drug-likeness (QED) is 0.726. The second-order valence-electron chi connectivity index (χ2n) is 7.96. The van der Waals surface area contributed by atoms with Gasteiger partial charge in [0.2, 0.25) is 0 Å². The number of nitrogens with zero attached hydrogens (tertiary/aromatic N) is 2. The number of alkyl halides is 3. The summed E-state index contributed by atoms with van der Waals surface area (Å²) in [5, 5.41) is 10.3. The minimum Gasteiger partial charge on any atom is -0.475 e. The Kier molecular flexibility index (Phi) is 7.17. The molecule has 30 heavy (non-hydrogen) atoms. The molecule has 0 bridgehead atoms. The van der Waals surface area contributed by atoms with E-state index in [1.54, 1.807) is 6.20 Å². The lowest BCUT2D eigenvalue weighted by Gasteiger charge is -2.28. The van der Waals surface area contributed by atoms with Gasteiger partial charge in [0.05, 0.1) is 12.1 Å². The van der Waals surface area contributed by atoms with Crippen LogP contribution >= 0.6 is 0 Å². The number of likely N-dealkylation sites (tertiary alicyclic amines) is 1. The maximum atomic E-state index is 12.5. The van der Waals surface area contributed by atoms with Crippen LogP contribution in [-0.2, 0) is 16.0 Å². The summed E-state index contributed by atoms with van der Waals surface area (Å²) in [6.45, 7) is 1.64. The first-order chi connectivity index (χ1) is 14.2. The lowest BCUT2D eigenvalue weighted by molar-refractivity contribution is -0.192. The van der Waals surface area contributed by atoms with Crippen molar-refractivity contribution in [2.75, 3.05) is 13.2 Å². The van der Waals surface area contributed by atoms with E-state index in [0.29, 0.717) is 6.04 Å². The fourth-order valence-electron chi connectivity index (χ4n) is 3.30. The van der Waals surface area contributed by atoms with Crippen LogP contribution in [0.4, 0.5) is 18.0 Å². The van der Waals surface area contributed by atoms with E-state index in [1.165, 1.54) is 18.4 Å². The number of pyridine rings is 1. The molecule has 2 aliphatic carbocycles. The Hall–Kier alpha value is -2.36. The summed E-state index contributed by atoms with van der Waals surface area (Å²) < 4.78 is 37.9. The fourth-order valence-corrected chi connectivity index (χ4v) is 3.30. The predicted octanol–water partition coefficient (Wildman–Crippen LogP) is 3.00. The van der Waals surface area contributed by atoms with E-state index in [9.17, 15) is 18.0 Å². The van der Waals surface area contributed by atoms with E-state index < -0.39 is 12.1 Å². The second kappa shape index (κ2) is 9.63. The summed E-state index contributed by atoms with van der Waals surface area (Å²) in [5.41, 5.74) is 1.17. The van der Waals surface area contributed by atoms with Crippen LogP contribution < -0.4 is 5.32 Å². The van der Waals surface area contributed by atoms with Crippen LogP contribution in [0.3, 0.4) is 0 Å². The standard InChI is InChI=1S/C18H25N3O2.C2HF3O2/c22-18(20-15-5-6-15)21-9-7-17(23-12-13-3-4-13)16(21)10-14-2-1-8-19-11-14;3-2(4,5)1(6)7/h1-2,8,11,13,15-17H,3-7,9-10,12H2,(H,20,22);(H,6,7)/t16-,17-;/m0./s1. The van der Waals surface area contributed by atoms with Crippen LogP contribution in [-0.4, -0.2) is 64.5 Å². The first kappa shape index (κ1) is 22.3. The molecule has 10 heteroatoms. The third-order valence-corrected chi connectivity index (χ3v) is 5.30. The second-order valence-corrected chi connectivity index (χ2v) is 7.96. The lowest BCUT2D eigenvalue weighted by Crippen LogP contribution is -2.47. The van der Waals surface area contributed by atoms with Crippen LogP contribution in [0.1, 0.15) is 37.7 Å². The van der Waals surface area contributed by atoms with Gasteiger partial charge in [-0.1, -0.05) is 6.07 Å². The number of nitrogens with one attached hydrogen (secondary N) is 1. The maximum absolute atomic E-state index is 12.5. The third kappa shape index (κ3) is 6.86. The van der Waals surface area contributed by atoms with Crippen molar-refractivity contribution >= 4 is 12.0 Å². The molecule has 1 saturated heterocycles. The number of rotatable bonds is 6. The number of amides is 2. The van der Waals surface area contributed by atoms with Gasteiger partial charge < -0.3 is 20.1 Å². The van der Waals surface area contributed by atoms with Crippen molar-refractivity contribution in [2.45, 2.75) is 62.9 Å². The smallest absolute Gasteiger partial charge is 0.475 e. The molecule has 1 aromatic rings. The van der Waals surface area contributed by atoms with Gasteiger partial charge in [-0.25, -0.2) is 9.59 Å². The number of carbonyl (C=O) groups is 2. The highest BCUT2D eigenvalue weighted by molar-refractivity contribution is 5.75. The van der Waals surface area contributed by atoms with Gasteiger partial charge in [-0.05, 0) is 56.1 Å². The topological polar surface area (TPSA) is 91.8 Å². The predicted molar refractivity (Wildman–Crippen MR) is 101 cm³/mol. The average Bonchev–Trinajstić information content (AvgIpc) is 3.62. The van der Waals surface area contributed by atoms with Crippen LogP contribution in [0.25, 0.3) is 0 Å². The van der Waals surface area contributed by atoms with E-state index >= 15 is 0 Å². The number of ether oxygens (including phenoxy) is 1. The Morgan fingerprint density at radius 1 is 1.23 bits per heavy atom. The van der Waals surface area contributed by atoms with Crippen molar-refractivity contribution in [3.63, 3.8) is 0 Å². The number of aliphatic carboxylic acids is 1. The fraction of sp³-hybridized carbons (Fsp3) is 0.650. The molecule has 0 unspecified atom stereocenters. The van der Waals surface area contributed by atoms with E-state index in [0.717, 1.165) is 44.8 Å². The van der Waals surface area contributed by atoms with Gasteiger partial charge in [-0.2, -0.15) is 13.2 Å². The zero-order valence-corrected chi connectivity index (χ0v) is 16.5. The number of carboxylic acids is 1. The Labute approximate surface area is 172 Å². The molecule has 4 rings (SSSR count). The molecule has 7 nitrogen and oxygen atoms in total. The average molecular weight is 429 g/mol. The summed E-state index contributed by atoms with van der Waals surface area (Å²) in [6.07, 6.45) is 5.35. The van der Waals surface area contributed by atoms with Crippen molar-refractivity contribution in [2.24, 2.45) is 5.92 Å². The Bertz CT molecular complexity index is 724. The van der Waals surface area contributed by atoms with Gasteiger partial charge >= 0.3 is 18.2 Å². The van der Waals surface area contributed by atoms with E-state index in [1.807, 2.05) is 17.2 Å². The summed E-state index contributed by atoms with van der Waals surface area (Å²) in [6, 6.07) is 4.64. The molecule has 3 fully saturated rings. The van der Waals surface area contributed by atoms with Gasteiger partial charge in [-0.3, -0.25) is 4.98 Å². The van der Waals surface area contributed by atoms with Crippen LogP contribution in [0, 0.1) is 5.92 Å². The molecule has 0 radical (unpaired) electrons. The molecule has 1 aromatic heterocycles. The molecule has 166 valence electrons. The number of aromatic nitrogens is 1. The molecule has 2 heterocycles. The SMILES string of the molecule is O=C(NC1CC1)N1CC[C@H](OCC2CC2)[C@@H]1Cc1cccnc1.O=C(O)C(F)(F)F. The van der Waals surface area contributed by atoms with Crippen LogP contribution in [0.5, 0.6) is 0 Å². The van der Waals surface area contributed by atoms with E-state index in [-0.39, 0.29) is 18.2 Å². The molecule has 2 N–H and O–H groups in total. The van der Waals surface area contributed by atoms with Gasteiger partial charge in [0.1, 0.15) is 0 Å². The number of hydrogen-bond donors (Lipinski definition) is 2. The highest BCUT2D eigenvalue weighted by Gasteiger charge is 2.40. The van der Waals surface area contributed by atoms with Crippen molar-refractivity contribution in [3.05, 3.63) is 30.1 Å². The Balaban J connectivity index is 0.000000318. The molecule has 2 atom stereocenters. The highest BCUT2D eigenvalue weighted by atomic mass is 19.4. The van der Waals surface area contributed by atoms with E-state index in [2.05, 4.69) is 16.4 Å². The molecule has 0 spiro atoms. The zero-order valence-electron chi connectivity index (χ0n) is 16.5. The minimum absolute atomic E-state index is 0.0823. The summed E-state index contributed by atoms with van der Waals surface area (Å²) >= 11 is 0. The normalized spacial score (nSPS) is 23.5. The molecule has 1 aliphatic heterocycles. The molecular formula is C20H26F3N3O4. The monoisotopic (exact) mass is 429 g/mol. The first-order valence-electron chi connectivity index (χ1n) is 10.1. The van der Waals surface area contributed by atoms with Crippen molar-refractivity contribution in [1.29, 1.82) is 0 Å². The van der Waals surface area contributed by atoms with Gasteiger partial charge in [0.25, 0.3) is 0 Å². The number of halogens is 3. The van der Waals surface area contributed by atoms with Crippen molar-refractivity contribution in [3.8, 4) is 0 Å². The molecule has 2 amide bonds. The number of carbonyl (C=O) groups excluding carboxylic acids is 1. The van der Waals surface area contributed by atoms with E-state index in [4.69, 9.17) is 14.6 Å². The summed E-state index contributed by atoms with van der Waals surface area (Å²) in [4.78, 5) is 27.6. The largest absolute Gasteiger partial charge is 0.490 e. The van der Waals surface area contributed by atoms with Crippen LogP contribution in [0.15, 0.2) is 24.5 Å². The number of hydrogen-bond acceptors (Lipinski definition) is 4. The van der Waals surface area contributed by atoms with Crippen molar-refractivity contribution in [1.82, 2.24) is 15.2 Å². The Morgan fingerprint density at radius 2 is 1.93 bits per heavy atom. The lowest BCUT2D eigenvalue weighted by atomic mass is 10.0. The molecule has 0 aromatic carbocycles. The number of carboxylic acid groups (broad SMARTS) is 1. The molecular weight excluding hydrogens is 403 g/mol. The van der Waals surface area contributed by atoms with Gasteiger partial charge in [-0.15, -0.1) is 0 Å². The molecule has 2 saturated carbocycles. The van der Waals surface area contributed by atoms with Crippen molar-refractivity contribution < 1.29 is 32.6 Å². The van der Waals surface area contributed by atoms with Gasteiger partial charge in [0.15, 0.2) is 0 Å². The molecule has 3 aliphatic rings. The minimum atomic E-state index is -5.08. The van der Waals surface area contributed by atoms with Gasteiger partial charge in [0, 0.05) is 31.6 Å². The zero-order chi connectivity index (χ0) is 21.7. The van der Waals surface area contributed by atoms with Crippen LogP contribution in [0.2, 0.25) is 0 Å². The number of urea groups is 1. The highest BCUT2D eigenvalue weighted by Crippen LogP contribution is 2.32. The summed E-state index contributed by atoms with van der Waals surface area (Å²) in [5.74, 6) is -2.00.